The third kappa shape index (κ3) is 9.03. The van der Waals surface area contributed by atoms with Crippen LogP contribution in [0.25, 0.3) is 31.8 Å². The number of aliphatic carboxylic acids is 1. The molecule has 1 saturated carbocycles. The summed E-state index contributed by atoms with van der Waals surface area (Å²) >= 11 is 15.9. The quantitative estimate of drug-likeness (QED) is 0.156. The Labute approximate surface area is 398 Å². The van der Waals surface area contributed by atoms with Crippen LogP contribution in [0.1, 0.15) is 35.2 Å². The van der Waals surface area contributed by atoms with Crippen molar-refractivity contribution in [2.45, 2.75) is 57.8 Å². The second kappa shape index (κ2) is 17.9. The Kier molecular flexibility index (Phi) is 12.1. The van der Waals surface area contributed by atoms with Gasteiger partial charge in [-0.15, -0.1) is 11.3 Å². The molecule has 3 aromatic heterocycles. The van der Waals surface area contributed by atoms with E-state index in [0.29, 0.717) is 97.0 Å². The Morgan fingerprint density at radius 1 is 0.955 bits per heavy atom. The molecule has 19 heteroatoms. The SMILES string of the molecule is Cc1c(Cl)c2c(Cl)c(C)c1-c1c(-c3ccc(F)cc3)sc3ncnc(c13)O[C@@H](C(=O)O)Cc1cc(ccc1OCc1ccnc(N3CC4(C3)CC(F)(F)C4)n1)OC[C@@H](CN1CCN(C)CC1)O2. The number of hydrogen-bond donors (Lipinski definition) is 1. The van der Waals surface area contributed by atoms with Gasteiger partial charge in [0.1, 0.15) is 47.8 Å². The van der Waals surface area contributed by atoms with E-state index in [1.165, 1.54) is 29.8 Å². The van der Waals surface area contributed by atoms with Crippen LogP contribution in [0.2, 0.25) is 10.0 Å². The summed E-state index contributed by atoms with van der Waals surface area (Å²) in [5.41, 5.74) is 3.78. The minimum Gasteiger partial charge on any atom is -0.490 e. The first-order chi connectivity index (χ1) is 32.1. The van der Waals surface area contributed by atoms with Crippen molar-refractivity contribution in [3.63, 3.8) is 0 Å². The van der Waals surface area contributed by atoms with E-state index in [1.54, 1.807) is 42.6 Å². The van der Waals surface area contributed by atoms with Crippen LogP contribution in [-0.2, 0) is 17.8 Å². The van der Waals surface area contributed by atoms with Crippen molar-refractivity contribution < 1.29 is 42.0 Å². The number of thiophene rings is 1. The summed E-state index contributed by atoms with van der Waals surface area (Å²) < 4.78 is 67.9. The molecule has 1 N–H and O–H groups in total. The Morgan fingerprint density at radius 2 is 1.69 bits per heavy atom. The lowest BCUT2D eigenvalue weighted by Crippen LogP contribution is -2.66. The predicted molar refractivity (Wildman–Crippen MR) is 249 cm³/mol. The van der Waals surface area contributed by atoms with Crippen LogP contribution in [0.5, 0.6) is 23.1 Å². The van der Waals surface area contributed by atoms with E-state index in [-0.39, 0.29) is 48.4 Å². The molecule has 5 aliphatic rings. The number of benzene rings is 3. The van der Waals surface area contributed by atoms with Gasteiger partial charge in [0.2, 0.25) is 23.9 Å². The number of fused-ring (bicyclic) bond motifs is 7. The first kappa shape index (κ1) is 45.3. The summed E-state index contributed by atoms with van der Waals surface area (Å²) in [6.45, 7) is 8.62. The highest BCUT2D eigenvalue weighted by molar-refractivity contribution is 7.22. The summed E-state index contributed by atoms with van der Waals surface area (Å²) in [6, 6.07) is 12.9. The number of likely N-dealkylation sites (N-methyl/N-ethyl adjacent to an activating group) is 1. The number of alkyl halides is 2. The number of anilines is 1. The zero-order valence-corrected chi connectivity index (χ0v) is 39.2. The molecule has 4 aliphatic heterocycles. The maximum atomic E-state index is 14.4. The average Bonchev–Trinajstić information content (AvgIpc) is 3.67. The molecule has 3 aromatic carbocycles. The van der Waals surface area contributed by atoms with E-state index in [1.807, 2.05) is 18.7 Å². The maximum absolute atomic E-state index is 14.4. The number of rotatable bonds is 8. The van der Waals surface area contributed by atoms with E-state index in [9.17, 15) is 23.1 Å². The molecule has 67 heavy (non-hydrogen) atoms. The summed E-state index contributed by atoms with van der Waals surface area (Å²) in [5, 5.41) is 11.8. The van der Waals surface area contributed by atoms with Crippen LogP contribution in [0.15, 0.2) is 61.1 Å². The predicted octanol–water partition coefficient (Wildman–Crippen LogP) is 9.15. The number of piperazine rings is 1. The van der Waals surface area contributed by atoms with Crippen LogP contribution < -0.4 is 23.8 Å². The molecule has 0 unspecified atom stereocenters. The normalized spacial score (nSPS) is 20.3. The van der Waals surface area contributed by atoms with Gasteiger partial charge in [-0.25, -0.2) is 37.9 Å². The molecule has 13 nitrogen and oxygen atoms in total. The van der Waals surface area contributed by atoms with Gasteiger partial charge in [-0.3, -0.25) is 4.90 Å². The highest BCUT2D eigenvalue weighted by Crippen LogP contribution is 2.57. The Balaban J connectivity index is 1.05. The van der Waals surface area contributed by atoms with Gasteiger partial charge in [-0.05, 0) is 79.5 Å². The zero-order valence-electron chi connectivity index (χ0n) is 36.8. The average molecular weight is 977 g/mol. The van der Waals surface area contributed by atoms with Crippen LogP contribution in [0.3, 0.4) is 0 Å². The van der Waals surface area contributed by atoms with E-state index in [2.05, 4.69) is 36.8 Å². The molecule has 11 rings (SSSR count). The van der Waals surface area contributed by atoms with Gasteiger partial charge in [0, 0.05) is 92.7 Å². The van der Waals surface area contributed by atoms with E-state index in [0.717, 1.165) is 26.2 Å². The molecule has 0 amide bonds. The van der Waals surface area contributed by atoms with Crippen LogP contribution in [0, 0.1) is 25.1 Å². The van der Waals surface area contributed by atoms with Crippen molar-refractivity contribution in [2.24, 2.45) is 5.41 Å². The minimum absolute atomic E-state index is 0.00159. The number of aromatic nitrogens is 4. The minimum atomic E-state index is -2.62. The molecule has 1 aliphatic carbocycles. The molecule has 3 fully saturated rings. The van der Waals surface area contributed by atoms with Gasteiger partial charge < -0.3 is 33.9 Å². The van der Waals surface area contributed by atoms with Gasteiger partial charge in [-0.1, -0.05) is 35.3 Å². The third-order valence-electron chi connectivity index (χ3n) is 13.0. The fraction of sp³-hybridized carbons (Fsp3) is 0.396. The molecule has 4 bridgehead atoms. The summed E-state index contributed by atoms with van der Waals surface area (Å²) in [5.74, 6) is -2.78. The van der Waals surface area contributed by atoms with E-state index < -0.39 is 35.3 Å². The van der Waals surface area contributed by atoms with Gasteiger partial charge in [0.25, 0.3) is 0 Å². The lowest BCUT2D eigenvalue weighted by Gasteiger charge is -2.58. The molecule has 1 spiro atoms. The highest BCUT2D eigenvalue weighted by atomic mass is 35.5. The number of halogens is 5. The fourth-order valence-electron chi connectivity index (χ4n) is 9.66. The van der Waals surface area contributed by atoms with Gasteiger partial charge in [0.15, 0.2) is 5.75 Å². The number of nitrogens with zero attached hydrogens (tertiary/aromatic N) is 7. The second-order valence-corrected chi connectivity index (χ2v) is 19.8. The third-order valence-corrected chi connectivity index (χ3v) is 15.1. The van der Waals surface area contributed by atoms with Crippen LogP contribution in [-0.4, -0.2) is 118 Å². The van der Waals surface area contributed by atoms with Crippen molar-refractivity contribution >= 4 is 56.7 Å². The van der Waals surface area contributed by atoms with Crippen molar-refractivity contribution in [1.82, 2.24) is 29.7 Å². The van der Waals surface area contributed by atoms with Gasteiger partial charge in [-0.2, -0.15) is 0 Å². The lowest BCUT2D eigenvalue weighted by molar-refractivity contribution is -0.170. The number of hydrogen-bond acceptors (Lipinski definition) is 13. The number of carboxylic acids is 1. The van der Waals surface area contributed by atoms with Gasteiger partial charge >= 0.3 is 5.97 Å². The van der Waals surface area contributed by atoms with E-state index >= 15 is 0 Å². The first-order valence-corrected chi connectivity index (χ1v) is 23.5. The molecule has 6 aromatic rings. The molecular weight excluding hydrogens is 931 g/mol. The summed E-state index contributed by atoms with van der Waals surface area (Å²) in [6.07, 6.45) is 0.418. The van der Waals surface area contributed by atoms with E-state index in [4.69, 9.17) is 42.1 Å². The molecule has 350 valence electrons. The number of carboxylic acid groups (broad SMARTS) is 1. The largest absolute Gasteiger partial charge is 0.490 e. The molecule has 0 radical (unpaired) electrons. The van der Waals surface area contributed by atoms with Crippen molar-refractivity contribution in [1.29, 1.82) is 0 Å². The van der Waals surface area contributed by atoms with Crippen LogP contribution >= 0.6 is 34.5 Å². The molecule has 2 atom stereocenters. The van der Waals surface area contributed by atoms with Crippen LogP contribution in [0.4, 0.5) is 19.1 Å². The monoisotopic (exact) mass is 975 g/mol. The Bertz CT molecular complexity index is 2840. The fourth-order valence-corrected chi connectivity index (χ4v) is 11.3. The lowest BCUT2D eigenvalue weighted by atomic mass is 9.61. The highest BCUT2D eigenvalue weighted by Gasteiger charge is 2.62. The standard InChI is InChI=1S/C48H46Cl2F3N7O6S/c1-26-36-27(2)40(50)41(39(26)49)65-33(18-59-14-12-58(3)13-15-59)20-63-32-8-9-34(64-19-31-10-11-54-46(57-31)60-23-47(24-60)21-48(52,53)22-47)29(16-32)17-35(45(61)62)66-43-38-37(36)42(67-44(38)56-25-55-43)28-4-6-30(51)7-5-28/h4-11,16,25,33,35H,12-15,17-24H2,1-3H3,(H,61,62)/t33-,35-/m1/s1. The van der Waals surface area contributed by atoms with Crippen molar-refractivity contribution in [3.05, 3.63) is 99.3 Å². The number of ether oxygens (including phenoxy) is 4. The van der Waals surface area contributed by atoms with Crippen molar-refractivity contribution in [2.75, 3.05) is 64.4 Å². The smallest absolute Gasteiger partial charge is 0.345 e. The molecule has 2 saturated heterocycles. The maximum Gasteiger partial charge on any atom is 0.345 e. The first-order valence-electron chi connectivity index (χ1n) is 21.9. The topological polar surface area (TPSA) is 136 Å². The Morgan fingerprint density at radius 3 is 2.39 bits per heavy atom. The Hall–Kier alpha value is -5.46. The second-order valence-electron chi connectivity index (χ2n) is 18.0. The van der Waals surface area contributed by atoms with Crippen molar-refractivity contribution in [3.8, 4) is 44.7 Å². The summed E-state index contributed by atoms with van der Waals surface area (Å²) in [7, 11) is 2.09. The summed E-state index contributed by atoms with van der Waals surface area (Å²) in [4.78, 5) is 39.2. The number of carbonyl (C=O) groups is 1. The zero-order chi connectivity index (χ0) is 46.8. The molecule has 7 heterocycles. The van der Waals surface area contributed by atoms with Gasteiger partial charge in [0.05, 0.1) is 21.1 Å². The molecular formula is C48H46Cl2F3N7O6S.